The molecule has 0 radical (unpaired) electrons. The zero-order valence-corrected chi connectivity index (χ0v) is 6.50. The van der Waals surface area contributed by atoms with Crippen molar-refractivity contribution in [2.45, 2.75) is 20.3 Å². The molecule has 58 valence electrons. The molecule has 0 saturated heterocycles. The van der Waals surface area contributed by atoms with Crippen molar-refractivity contribution in [2.24, 2.45) is 0 Å². The molecule has 0 amide bonds. The smallest absolute Gasteiger partial charge is 0.106 e. The Morgan fingerprint density at radius 3 is 2.60 bits per heavy atom. The van der Waals surface area contributed by atoms with Gasteiger partial charge in [0.15, 0.2) is 0 Å². The molecule has 1 aromatic heterocycles. The molecule has 1 aromatic rings. The zero-order chi connectivity index (χ0) is 7.82. The molecule has 0 atom stereocenters. The second kappa shape index (κ2) is 6.36. The summed E-state index contributed by atoms with van der Waals surface area (Å²) in [7, 11) is 0. The lowest BCUT2D eigenvalue weighted by atomic mass is 10.3. The van der Waals surface area contributed by atoms with Gasteiger partial charge in [-0.05, 0) is 12.1 Å². The van der Waals surface area contributed by atoms with Crippen molar-refractivity contribution in [1.82, 2.24) is 0 Å². The molecule has 1 N–H and O–H groups in total. The van der Waals surface area contributed by atoms with Gasteiger partial charge in [-0.3, -0.25) is 0 Å². The van der Waals surface area contributed by atoms with E-state index in [2.05, 4.69) is 0 Å². The van der Waals surface area contributed by atoms with Crippen molar-refractivity contribution in [3.05, 3.63) is 24.2 Å². The predicted molar refractivity (Wildman–Crippen MR) is 40.8 cm³/mol. The van der Waals surface area contributed by atoms with Crippen molar-refractivity contribution < 1.29 is 9.52 Å². The highest BCUT2D eigenvalue weighted by Gasteiger charge is 1.89. The number of hydrogen-bond acceptors (Lipinski definition) is 2. The molecule has 1 rings (SSSR count). The van der Waals surface area contributed by atoms with Crippen LogP contribution in [0.1, 0.15) is 19.6 Å². The number of rotatable bonds is 2. The van der Waals surface area contributed by atoms with Crippen LogP contribution in [0, 0.1) is 0 Å². The third-order valence-corrected chi connectivity index (χ3v) is 0.938. The molecule has 2 nitrogen and oxygen atoms in total. The van der Waals surface area contributed by atoms with E-state index < -0.39 is 0 Å². The van der Waals surface area contributed by atoms with Gasteiger partial charge in [-0.15, -0.1) is 0 Å². The summed E-state index contributed by atoms with van der Waals surface area (Å²) in [6, 6.07) is 3.65. The van der Waals surface area contributed by atoms with Gasteiger partial charge in [-0.25, -0.2) is 0 Å². The van der Waals surface area contributed by atoms with Gasteiger partial charge >= 0.3 is 0 Å². The Balaban J connectivity index is 0.000000371. The molecular formula is C8H14O2. The highest BCUT2D eigenvalue weighted by molar-refractivity contribution is 4.97. The summed E-state index contributed by atoms with van der Waals surface area (Å²) in [5.74, 6) is 0.840. The lowest BCUT2D eigenvalue weighted by Gasteiger charge is -1.85. The van der Waals surface area contributed by atoms with E-state index in [0.29, 0.717) is 6.42 Å². The molecule has 0 aliphatic heterocycles. The van der Waals surface area contributed by atoms with Crippen LogP contribution < -0.4 is 0 Å². The minimum absolute atomic E-state index is 0.160. The topological polar surface area (TPSA) is 33.4 Å². The fraction of sp³-hybridized carbons (Fsp3) is 0.500. The first-order valence-electron chi connectivity index (χ1n) is 3.56. The Morgan fingerprint density at radius 2 is 2.20 bits per heavy atom. The van der Waals surface area contributed by atoms with E-state index in [1.165, 1.54) is 0 Å². The normalized spacial score (nSPS) is 8.30. The molecule has 2 heteroatoms. The van der Waals surface area contributed by atoms with Crippen molar-refractivity contribution in [2.75, 3.05) is 6.61 Å². The summed E-state index contributed by atoms with van der Waals surface area (Å²) in [6.45, 7) is 4.16. The second-order valence-corrected chi connectivity index (χ2v) is 1.55. The quantitative estimate of drug-likeness (QED) is 0.683. The maximum atomic E-state index is 8.38. The molecule has 0 bridgehead atoms. The monoisotopic (exact) mass is 142 g/mol. The maximum absolute atomic E-state index is 8.38. The summed E-state index contributed by atoms with van der Waals surface area (Å²) in [6.07, 6.45) is 2.22. The summed E-state index contributed by atoms with van der Waals surface area (Å²) in [4.78, 5) is 0. The third-order valence-electron chi connectivity index (χ3n) is 0.938. The van der Waals surface area contributed by atoms with Gasteiger partial charge in [0.2, 0.25) is 0 Å². The molecule has 0 aromatic carbocycles. The predicted octanol–water partition coefficient (Wildman–Crippen LogP) is 1.84. The number of furan rings is 1. The van der Waals surface area contributed by atoms with Gasteiger partial charge in [0.25, 0.3) is 0 Å². The fourth-order valence-corrected chi connectivity index (χ4v) is 0.565. The van der Waals surface area contributed by atoms with Gasteiger partial charge < -0.3 is 9.52 Å². The summed E-state index contributed by atoms with van der Waals surface area (Å²) < 4.78 is 4.91. The Labute approximate surface area is 61.5 Å². The van der Waals surface area contributed by atoms with Crippen LogP contribution in [0.3, 0.4) is 0 Å². The van der Waals surface area contributed by atoms with Crippen LogP contribution >= 0.6 is 0 Å². The lowest BCUT2D eigenvalue weighted by molar-refractivity contribution is 0.288. The first-order chi connectivity index (χ1) is 4.93. The van der Waals surface area contributed by atoms with Gasteiger partial charge in [0, 0.05) is 6.42 Å². The second-order valence-electron chi connectivity index (χ2n) is 1.55. The highest BCUT2D eigenvalue weighted by Crippen LogP contribution is 1.98. The average Bonchev–Trinajstić information content (AvgIpc) is 2.46. The Bertz CT molecular complexity index is 133. The molecule has 0 fully saturated rings. The van der Waals surface area contributed by atoms with Crippen LogP contribution in [0.15, 0.2) is 22.8 Å². The molecule has 0 unspecified atom stereocenters. The molecule has 0 saturated carbocycles. The van der Waals surface area contributed by atoms with Crippen LogP contribution in [0.25, 0.3) is 0 Å². The van der Waals surface area contributed by atoms with E-state index in [4.69, 9.17) is 9.52 Å². The number of aliphatic hydroxyl groups is 1. The minimum Gasteiger partial charge on any atom is -0.469 e. The van der Waals surface area contributed by atoms with Crippen LogP contribution in [0.5, 0.6) is 0 Å². The number of hydrogen-bond donors (Lipinski definition) is 1. The first-order valence-corrected chi connectivity index (χ1v) is 3.56. The average molecular weight is 142 g/mol. The molecule has 0 aliphatic carbocycles. The lowest BCUT2D eigenvalue weighted by Crippen LogP contribution is -1.85. The van der Waals surface area contributed by atoms with Crippen molar-refractivity contribution >= 4 is 0 Å². The fourth-order valence-electron chi connectivity index (χ4n) is 0.565. The maximum Gasteiger partial charge on any atom is 0.106 e. The Hall–Kier alpha value is -0.760. The number of aliphatic hydroxyl groups excluding tert-OH is 1. The largest absolute Gasteiger partial charge is 0.469 e. The van der Waals surface area contributed by atoms with E-state index in [0.717, 1.165) is 5.76 Å². The van der Waals surface area contributed by atoms with Gasteiger partial charge in [0.05, 0.1) is 12.9 Å². The summed E-state index contributed by atoms with van der Waals surface area (Å²) in [5, 5.41) is 8.38. The summed E-state index contributed by atoms with van der Waals surface area (Å²) >= 11 is 0. The molecule has 1 heterocycles. The van der Waals surface area contributed by atoms with Gasteiger partial charge in [-0.1, -0.05) is 13.8 Å². The SMILES string of the molecule is CC.OCCc1ccco1. The van der Waals surface area contributed by atoms with Crippen molar-refractivity contribution in [3.63, 3.8) is 0 Å². The van der Waals surface area contributed by atoms with Crippen molar-refractivity contribution in [3.8, 4) is 0 Å². The van der Waals surface area contributed by atoms with E-state index in [1.807, 2.05) is 26.0 Å². The third kappa shape index (κ3) is 3.30. The summed E-state index contributed by atoms with van der Waals surface area (Å²) in [5.41, 5.74) is 0. The Kier molecular flexibility index (Phi) is 5.88. The van der Waals surface area contributed by atoms with Crippen LogP contribution in [-0.4, -0.2) is 11.7 Å². The van der Waals surface area contributed by atoms with Gasteiger partial charge in [0.1, 0.15) is 5.76 Å². The Morgan fingerprint density at radius 1 is 1.50 bits per heavy atom. The van der Waals surface area contributed by atoms with E-state index in [1.54, 1.807) is 6.26 Å². The zero-order valence-electron chi connectivity index (χ0n) is 6.50. The highest BCUT2D eigenvalue weighted by atomic mass is 16.3. The first kappa shape index (κ1) is 9.24. The molecule has 0 spiro atoms. The minimum atomic E-state index is 0.160. The van der Waals surface area contributed by atoms with Crippen LogP contribution in [0.4, 0.5) is 0 Å². The van der Waals surface area contributed by atoms with Crippen LogP contribution in [0.2, 0.25) is 0 Å². The van der Waals surface area contributed by atoms with Crippen molar-refractivity contribution in [1.29, 1.82) is 0 Å². The van der Waals surface area contributed by atoms with E-state index in [-0.39, 0.29) is 6.61 Å². The standard InChI is InChI=1S/C6H8O2.C2H6/c7-4-3-6-2-1-5-8-6;1-2/h1-2,5,7H,3-4H2;1-2H3. The van der Waals surface area contributed by atoms with Gasteiger partial charge in [-0.2, -0.15) is 0 Å². The van der Waals surface area contributed by atoms with E-state index >= 15 is 0 Å². The van der Waals surface area contributed by atoms with E-state index in [9.17, 15) is 0 Å². The molecule has 10 heavy (non-hydrogen) atoms. The molecule has 0 aliphatic rings. The molecular weight excluding hydrogens is 128 g/mol. The van der Waals surface area contributed by atoms with Crippen LogP contribution in [-0.2, 0) is 6.42 Å².